The van der Waals surface area contributed by atoms with E-state index in [1.54, 1.807) is 18.2 Å². The molecule has 0 radical (unpaired) electrons. The monoisotopic (exact) mass is 288 g/mol. The van der Waals surface area contributed by atoms with E-state index in [0.717, 1.165) is 6.42 Å². The van der Waals surface area contributed by atoms with Gasteiger partial charge in [0.25, 0.3) is 5.91 Å². The van der Waals surface area contributed by atoms with Gasteiger partial charge in [-0.15, -0.1) is 12.4 Å². The Bertz CT molecular complexity index is 437. The van der Waals surface area contributed by atoms with Crippen LogP contribution in [-0.4, -0.2) is 11.9 Å². The fourth-order valence-electron chi connectivity index (χ4n) is 2.32. The fourth-order valence-corrected chi connectivity index (χ4v) is 2.60. The number of nitrogens with one attached hydrogen (secondary N) is 1. The molecule has 0 heterocycles. The van der Waals surface area contributed by atoms with E-state index in [1.807, 2.05) is 0 Å². The molecule has 1 amide bonds. The van der Waals surface area contributed by atoms with Gasteiger partial charge in [-0.2, -0.15) is 0 Å². The second-order valence-electron chi connectivity index (χ2n) is 4.73. The molecule has 100 valence electrons. The molecule has 2 atom stereocenters. The van der Waals surface area contributed by atoms with Crippen molar-refractivity contribution in [3.63, 3.8) is 0 Å². The minimum atomic E-state index is -0.103. The van der Waals surface area contributed by atoms with Crippen LogP contribution in [0.2, 0.25) is 5.02 Å². The highest BCUT2D eigenvalue weighted by atomic mass is 35.5. The van der Waals surface area contributed by atoms with Crippen molar-refractivity contribution in [1.29, 1.82) is 0 Å². The Kier molecular flexibility index (Phi) is 5.29. The highest BCUT2D eigenvalue weighted by molar-refractivity contribution is 6.34. The van der Waals surface area contributed by atoms with E-state index in [1.165, 1.54) is 12.8 Å². The number of benzene rings is 1. The lowest BCUT2D eigenvalue weighted by Crippen LogP contribution is -2.36. The van der Waals surface area contributed by atoms with Crippen LogP contribution in [-0.2, 0) is 0 Å². The van der Waals surface area contributed by atoms with Crippen LogP contribution in [0, 0.1) is 5.92 Å². The molecule has 0 aliphatic heterocycles. The van der Waals surface area contributed by atoms with E-state index in [4.69, 9.17) is 17.3 Å². The molecular formula is C13H18Cl2N2O. The summed E-state index contributed by atoms with van der Waals surface area (Å²) < 4.78 is 0. The molecule has 2 unspecified atom stereocenters. The van der Waals surface area contributed by atoms with Crippen molar-refractivity contribution >= 4 is 35.6 Å². The van der Waals surface area contributed by atoms with Gasteiger partial charge in [0.15, 0.2) is 0 Å². The third-order valence-corrected chi connectivity index (χ3v) is 3.73. The summed E-state index contributed by atoms with van der Waals surface area (Å²) in [5.41, 5.74) is 6.67. The van der Waals surface area contributed by atoms with Gasteiger partial charge in [-0.05, 0) is 37.0 Å². The van der Waals surface area contributed by atoms with Gasteiger partial charge >= 0.3 is 0 Å². The van der Waals surface area contributed by atoms with Gasteiger partial charge in [0.2, 0.25) is 0 Å². The summed E-state index contributed by atoms with van der Waals surface area (Å²) in [6.45, 7) is 2.17. The van der Waals surface area contributed by atoms with Crippen LogP contribution in [0.5, 0.6) is 0 Å². The van der Waals surface area contributed by atoms with Gasteiger partial charge in [-0.3, -0.25) is 4.79 Å². The second kappa shape index (κ2) is 6.30. The first-order valence-electron chi connectivity index (χ1n) is 5.94. The summed E-state index contributed by atoms with van der Waals surface area (Å²) in [7, 11) is 0. The molecular weight excluding hydrogens is 271 g/mol. The van der Waals surface area contributed by atoms with Crippen molar-refractivity contribution in [2.75, 3.05) is 5.73 Å². The number of carbonyl (C=O) groups excluding carboxylic acids is 1. The van der Waals surface area contributed by atoms with Gasteiger partial charge in [0, 0.05) is 11.7 Å². The number of hydrogen-bond donors (Lipinski definition) is 2. The van der Waals surface area contributed by atoms with Crippen molar-refractivity contribution in [2.45, 2.75) is 32.2 Å². The van der Waals surface area contributed by atoms with Crippen molar-refractivity contribution in [1.82, 2.24) is 5.32 Å². The van der Waals surface area contributed by atoms with E-state index in [9.17, 15) is 4.79 Å². The zero-order valence-electron chi connectivity index (χ0n) is 10.3. The Morgan fingerprint density at radius 2 is 2.17 bits per heavy atom. The second-order valence-corrected chi connectivity index (χ2v) is 5.13. The third kappa shape index (κ3) is 3.30. The molecule has 1 saturated carbocycles. The highest BCUT2D eigenvalue weighted by Gasteiger charge is 2.25. The third-order valence-electron chi connectivity index (χ3n) is 3.42. The first kappa shape index (κ1) is 15.1. The first-order chi connectivity index (χ1) is 8.08. The Morgan fingerprint density at radius 3 is 2.72 bits per heavy atom. The van der Waals surface area contributed by atoms with Gasteiger partial charge < -0.3 is 11.1 Å². The molecule has 0 aromatic heterocycles. The minimum Gasteiger partial charge on any atom is -0.399 e. The Hall–Kier alpha value is -0.930. The molecule has 1 aliphatic carbocycles. The van der Waals surface area contributed by atoms with E-state index in [2.05, 4.69) is 12.2 Å². The lowest BCUT2D eigenvalue weighted by Gasteiger charge is -2.17. The molecule has 0 saturated heterocycles. The van der Waals surface area contributed by atoms with Crippen LogP contribution in [0.1, 0.15) is 36.5 Å². The van der Waals surface area contributed by atoms with Crippen LogP contribution in [0.15, 0.2) is 18.2 Å². The molecule has 1 aromatic carbocycles. The first-order valence-corrected chi connectivity index (χ1v) is 6.31. The van der Waals surface area contributed by atoms with Crippen molar-refractivity contribution < 1.29 is 4.79 Å². The lowest BCUT2D eigenvalue weighted by molar-refractivity contribution is 0.0930. The van der Waals surface area contributed by atoms with Crippen LogP contribution in [0.25, 0.3) is 0 Å². The fraction of sp³-hybridized carbons (Fsp3) is 0.462. The number of nitrogens with two attached hydrogens (primary N) is 1. The summed E-state index contributed by atoms with van der Waals surface area (Å²) in [6.07, 6.45) is 3.42. The van der Waals surface area contributed by atoms with Gasteiger partial charge in [-0.25, -0.2) is 0 Å². The molecule has 1 aromatic rings. The largest absolute Gasteiger partial charge is 0.399 e. The maximum absolute atomic E-state index is 12.0. The smallest absolute Gasteiger partial charge is 0.253 e. The number of hydrogen-bond acceptors (Lipinski definition) is 2. The zero-order chi connectivity index (χ0) is 12.4. The van der Waals surface area contributed by atoms with Crippen LogP contribution < -0.4 is 11.1 Å². The Morgan fingerprint density at radius 1 is 1.44 bits per heavy atom. The number of carbonyl (C=O) groups is 1. The number of halogens is 2. The van der Waals surface area contributed by atoms with E-state index in [-0.39, 0.29) is 24.4 Å². The summed E-state index contributed by atoms with van der Waals surface area (Å²) in [4.78, 5) is 12.0. The molecule has 2 rings (SSSR count). The molecule has 0 bridgehead atoms. The molecule has 3 nitrogen and oxygen atoms in total. The lowest BCUT2D eigenvalue weighted by atomic mass is 10.1. The van der Waals surface area contributed by atoms with Gasteiger partial charge in [0.05, 0.1) is 10.6 Å². The average molecular weight is 289 g/mol. The molecule has 0 spiro atoms. The van der Waals surface area contributed by atoms with Crippen LogP contribution in [0.3, 0.4) is 0 Å². The molecule has 3 N–H and O–H groups in total. The van der Waals surface area contributed by atoms with E-state index in [0.29, 0.717) is 22.2 Å². The predicted octanol–water partition coefficient (Wildman–Crippen LogP) is 3.26. The molecule has 1 fully saturated rings. The summed E-state index contributed by atoms with van der Waals surface area (Å²) in [6, 6.07) is 5.25. The van der Waals surface area contributed by atoms with Crippen LogP contribution >= 0.6 is 24.0 Å². The maximum Gasteiger partial charge on any atom is 0.253 e. The molecule has 18 heavy (non-hydrogen) atoms. The van der Waals surface area contributed by atoms with Crippen molar-refractivity contribution in [3.05, 3.63) is 28.8 Å². The van der Waals surface area contributed by atoms with Crippen LogP contribution in [0.4, 0.5) is 5.69 Å². The maximum atomic E-state index is 12.0. The Balaban J connectivity index is 0.00000162. The minimum absolute atomic E-state index is 0. The topological polar surface area (TPSA) is 55.1 Å². The van der Waals surface area contributed by atoms with E-state index < -0.39 is 0 Å². The molecule has 5 heteroatoms. The predicted molar refractivity (Wildman–Crippen MR) is 77.4 cm³/mol. The van der Waals surface area contributed by atoms with E-state index >= 15 is 0 Å². The summed E-state index contributed by atoms with van der Waals surface area (Å²) in [5.74, 6) is 0.445. The SMILES string of the molecule is CC1CCCC1NC(=O)c1ccc(N)cc1Cl.Cl. The Labute approximate surface area is 118 Å². The normalized spacial score (nSPS) is 22.3. The number of rotatable bonds is 2. The highest BCUT2D eigenvalue weighted by Crippen LogP contribution is 2.26. The van der Waals surface area contributed by atoms with Gasteiger partial charge in [0.1, 0.15) is 0 Å². The quantitative estimate of drug-likeness (QED) is 0.821. The van der Waals surface area contributed by atoms with Gasteiger partial charge in [-0.1, -0.05) is 24.9 Å². The van der Waals surface area contributed by atoms with Crippen molar-refractivity contribution in [3.8, 4) is 0 Å². The summed E-state index contributed by atoms with van der Waals surface area (Å²) >= 11 is 6.01. The zero-order valence-corrected chi connectivity index (χ0v) is 11.9. The average Bonchev–Trinajstić information content (AvgIpc) is 2.64. The van der Waals surface area contributed by atoms with Crippen molar-refractivity contribution in [2.24, 2.45) is 5.92 Å². The number of anilines is 1. The summed E-state index contributed by atoms with van der Waals surface area (Å²) in [5, 5.41) is 3.45. The number of amides is 1. The molecule has 1 aliphatic rings. The standard InChI is InChI=1S/C13H17ClN2O.ClH/c1-8-3-2-4-12(8)16-13(17)10-6-5-9(15)7-11(10)14;/h5-8,12H,2-4,15H2,1H3,(H,16,17);1H. The number of nitrogen functional groups attached to an aromatic ring is 1.